The first kappa shape index (κ1) is 10.6. The number of rotatable bonds is 4. The molecule has 3 heteroatoms. The molecule has 0 aromatic heterocycles. The third kappa shape index (κ3) is 2.20. The minimum Gasteiger partial charge on any atom is -0.395 e. The first-order valence-electron chi connectivity index (χ1n) is 5.36. The number of hydrogen-bond donors (Lipinski definition) is 2. The molecule has 2 rings (SSSR count). The van der Waals surface area contributed by atoms with Crippen molar-refractivity contribution in [1.82, 2.24) is 4.90 Å². The maximum absolute atomic E-state index is 9.02. The summed E-state index contributed by atoms with van der Waals surface area (Å²) in [6.45, 7) is 1.96. The Kier molecular flexibility index (Phi) is 3.36. The molecule has 1 aliphatic rings. The van der Waals surface area contributed by atoms with E-state index in [2.05, 4.69) is 17.0 Å². The fraction of sp³-hybridized carbons (Fsp3) is 0.500. The van der Waals surface area contributed by atoms with Gasteiger partial charge in [-0.25, -0.2) is 0 Å². The zero-order valence-electron chi connectivity index (χ0n) is 8.71. The van der Waals surface area contributed by atoms with Crippen LogP contribution in [0.2, 0.25) is 0 Å². The molecule has 15 heavy (non-hydrogen) atoms. The molecule has 0 bridgehead atoms. The molecule has 82 valence electrons. The van der Waals surface area contributed by atoms with Crippen LogP contribution in [0.1, 0.15) is 11.5 Å². The van der Waals surface area contributed by atoms with Crippen molar-refractivity contribution in [2.75, 3.05) is 26.3 Å². The highest BCUT2D eigenvalue weighted by Crippen LogP contribution is 2.28. The predicted octanol–water partition coefficient (Wildman–Crippen LogP) is 0.439. The highest BCUT2D eigenvalue weighted by Gasteiger charge is 2.32. The first-order valence-corrected chi connectivity index (χ1v) is 5.36. The van der Waals surface area contributed by atoms with Gasteiger partial charge in [-0.3, -0.25) is 4.90 Å². The summed E-state index contributed by atoms with van der Waals surface area (Å²) in [7, 11) is 0. The van der Waals surface area contributed by atoms with E-state index in [0.29, 0.717) is 5.92 Å². The van der Waals surface area contributed by atoms with Crippen LogP contribution in [0.15, 0.2) is 30.3 Å². The molecule has 0 amide bonds. The van der Waals surface area contributed by atoms with Crippen LogP contribution in [0.4, 0.5) is 0 Å². The van der Waals surface area contributed by atoms with Crippen LogP contribution in [0, 0.1) is 0 Å². The molecule has 0 atom stereocenters. The summed E-state index contributed by atoms with van der Waals surface area (Å²) in [4.78, 5) is 2.12. The lowest BCUT2D eigenvalue weighted by atomic mass is 9.90. The average molecular weight is 207 g/mol. The van der Waals surface area contributed by atoms with Crippen molar-refractivity contribution >= 4 is 0 Å². The van der Waals surface area contributed by atoms with Crippen LogP contribution in [-0.2, 0) is 0 Å². The number of nitrogens with zero attached hydrogens (tertiary/aromatic N) is 1. The van der Waals surface area contributed by atoms with Crippen LogP contribution in [-0.4, -0.2) is 47.5 Å². The Morgan fingerprint density at radius 3 is 2.27 bits per heavy atom. The smallest absolute Gasteiger partial charge is 0.0609 e. The van der Waals surface area contributed by atoms with Crippen molar-refractivity contribution in [2.24, 2.45) is 0 Å². The molecule has 0 unspecified atom stereocenters. The lowest BCUT2D eigenvalue weighted by Gasteiger charge is -2.43. The Morgan fingerprint density at radius 1 is 1.13 bits per heavy atom. The fourth-order valence-electron chi connectivity index (χ4n) is 2.04. The van der Waals surface area contributed by atoms with E-state index in [4.69, 9.17) is 10.2 Å². The van der Waals surface area contributed by atoms with Gasteiger partial charge in [0.05, 0.1) is 19.3 Å². The minimum atomic E-state index is -0.0787. The van der Waals surface area contributed by atoms with Gasteiger partial charge in [0.2, 0.25) is 0 Å². The van der Waals surface area contributed by atoms with E-state index in [9.17, 15) is 0 Å². The number of likely N-dealkylation sites (tertiary alicyclic amines) is 1. The molecule has 2 N–H and O–H groups in total. The normalized spacial score (nSPS) is 18.1. The van der Waals surface area contributed by atoms with E-state index in [1.165, 1.54) is 5.56 Å². The quantitative estimate of drug-likeness (QED) is 0.753. The zero-order valence-corrected chi connectivity index (χ0v) is 8.71. The van der Waals surface area contributed by atoms with Crippen molar-refractivity contribution in [3.05, 3.63) is 35.9 Å². The molecule has 1 heterocycles. The topological polar surface area (TPSA) is 43.7 Å². The van der Waals surface area contributed by atoms with Crippen molar-refractivity contribution < 1.29 is 10.2 Å². The Bertz CT molecular complexity index is 292. The number of hydrogen-bond acceptors (Lipinski definition) is 3. The molecule has 0 radical (unpaired) electrons. The number of aliphatic hydroxyl groups excluding tert-OH is 2. The fourth-order valence-corrected chi connectivity index (χ4v) is 2.04. The van der Waals surface area contributed by atoms with Crippen LogP contribution in [0.25, 0.3) is 0 Å². The van der Waals surface area contributed by atoms with E-state index in [1.54, 1.807) is 0 Å². The van der Waals surface area contributed by atoms with Gasteiger partial charge in [0.25, 0.3) is 0 Å². The third-order valence-electron chi connectivity index (χ3n) is 3.12. The Morgan fingerprint density at radius 2 is 1.73 bits per heavy atom. The van der Waals surface area contributed by atoms with Crippen LogP contribution >= 0.6 is 0 Å². The molecule has 1 aromatic rings. The second-order valence-electron chi connectivity index (χ2n) is 4.08. The molecular weight excluding hydrogens is 190 g/mol. The van der Waals surface area contributed by atoms with Gasteiger partial charge in [-0.1, -0.05) is 30.3 Å². The van der Waals surface area contributed by atoms with E-state index < -0.39 is 0 Å². The Labute approximate surface area is 90.0 Å². The summed E-state index contributed by atoms with van der Waals surface area (Å²) in [5.41, 5.74) is 1.35. The lowest BCUT2D eigenvalue weighted by molar-refractivity contribution is 0.0212. The summed E-state index contributed by atoms with van der Waals surface area (Å²) >= 11 is 0. The average Bonchev–Trinajstić information content (AvgIpc) is 2.24. The predicted molar refractivity (Wildman–Crippen MR) is 58.7 cm³/mol. The van der Waals surface area contributed by atoms with Gasteiger partial charge in [-0.2, -0.15) is 0 Å². The van der Waals surface area contributed by atoms with Gasteiger partial charge < -0.3 is 10.2 Å². The largest absolute Gasteiger partial charge is 0.395 e. The summed E-state index contributed by atoms with van der Waals surface area (Å²) in [5, 5.41) is 18.0. The van der Waals surface area contributed by atoms with Crippen LogP contribution in [0.5, 0.6) is 0 Å². The summed E-state index contributed by atoms with van der Waals surface area (Å²) in [5.74, 6) is 0.562. The molecule has 3 nitrogen and oxygen atoms in total. The second-order valence-corrected chi connectivity index (χ2v) is 4.08. The summed E-state index contributed by atoms with van der Waals surface area (Å²) in [6, 6.07) is 10.3. The first-order chi connectivity index (χ1) is 7.35. The molecule has 1 aromatic carbocycles. The summed E-state index contributed by atoms with van der Waals surface area (Å²) < 4.78 is 0. The monoisotopic (exact) mass is 207 g/mol. The molecule has 1 fully saturated rings. The lowest BCUT2D eigenvalue weighted by Crippen LogP contribution is -2.53. The van der Waals surface area contributed by atoms with Gasteiger partial charge in [0, 0.05) is 19.0 Å². The highest BCUT2D eigenvalue weighted by molar-refractivity contribution is 5.22. The maximum Gasteiger partial charge on any atom is 0.0609 e. The molecule has 0 aliphatic carbocycles. The highest BCUT2D eigenvalue weighted by atomic mass is 16.3. The van der Waals surface area contributed by atoms with Crippen molar-refractivity contribution in [1.29, 1.82) is 0 Å². The maximum atomic E-state index is 9.02. The van der Waals surface area contributed by atoms with E-state index >= 15 is 0 Å². The zero-order chi connectivity index (χ0) is 10.7. The van der Waals surface area contributed by atoms with Gasteiger partial charge in [-0.05, 0) is 5.56 Å². The van der Waals surface area contributed by atoms with Gasteiger partial charge in [0.15, 0.2) is 0 Å². The van der Waals surface area contributed by atoms with Crippen LogP contribution < -0.4 is 0 Å². The third-order valence-corrected chi connectivity index (χ3v) is 3.12. The van der Waals surface area contributed by atoms with E-state index in [1.807, 2.05) is 18.2 Å². The van der Waals surface area contributed by atoms with Gasteiger partial charge >= 0.3 is 0 Å². The standard InChI is InChI=1S/C12H17NO2/c14-8-12(9-15)13-6-11(7-13)10-4-2-1-3-5-10/h1-5,11-12,14-15H,6-9H2. The Hall–Kier alpha value is -0.900. The van der Waals surface area contributed by atoms with Crippen LogP contribution in [0.3, 0.4) is 0 Å². The minimum absolute atomic E-state index is 0.0397. The Balaban J connectivity index is 1.88. The van der Waals surface area contributed by atoms with Gasteiger partial charge in [-0.15, -0.1) is 0 Å². The summed E-state index contributed by atoms with van der Waals surface area (Å²) in [6.07, 6.45) is 0. The number of benzene rings is 1. The van der Waals surface area contributed by atoms with Crippen molar-refractivity contribution in [3.63, 3.8) is 0 Å². The molecule has 0 saturated carbocycles. The molecule has 1 saturated heterocycles. The van der Waals surface area contributed by atoms with E-state index in [-0.39, 0.29) is 19.3 Å². The number of aliphatic hydroxyl groups is 2. The second kappa shape index (κ2) is 4.75. The SMILES string of the molecule is OCC(CO)N1CC(c2ccccc2)C1. The van der Waals surface area contributed by atoms with E-state index in [0.717, 1.165) is 13.1 Å². The molecular formula is C12H17NO2. The van der Waals surface area contributed by atoms with Crippen molar-refractivity contribution in [3.8, 4) is 0 Å². The van der Waals surface area contributed by atoms with Crippen molar-refractivity contribution in [2.45, 2.75) is 12.0 Å². The molecule has 0 spiro atoms. The van der Waals surface area contributed by atoms with Gasteiger partial charge in [0.1, 0.15) is 0 Å². The molecule has 1 aliphatic heterocycles.